The molecule has 0 bridgehead atoms. The summed E-state index contributed by atoms with van der Waals surface area (Å²) in [6.07, 6.45) is 1.12. The Balaban J connectivity index is 3.11. The normalized spacial score (nSPS) is 13.5. The predicted molar refractivity (Wildman–Crippen MR) is 73.5 cm³/mol. The van der Waals surface area contributed by atoms with E-state index in [9.17, 15) is 0 Å². The van der Waals surface area contributed by atoms with Crippen LogP contribution in [0.4, 0.5) is 0 Å². The number of para-hydroxylation sites is 1. The third-order valence-corrected chi connectivity index (χ3v) is 3.51. The molecule has 0 spiro atoms. The van der Waals surface area contributed by atoms with Crippen molar-refractivity contribution in [3.8, 4) is 5.75 Å². The van der Waals surface area contributed by atoms with Crippen molar-refractivity contribution in [1.29, 1.82) is 0 Å². The van der Waals surface area contributed by atoms with Gasteiger partial charge in [-0.05, 0) is 31.9 Å². The first-order chi connectivity index (χ1) is 8.06. The van der Waals surface area contributed by atoms with Gasteiger partial charge in [0.1, 0.15) is 5.75 Å². The molecule has 96 valence electrons. The average Bonchev–Trinajstić information content (AvgIpc) is 2.32. The highest BCUT2D eigenvalue weighted by Crippen LogP contribution is 2.39. The first-order valence-corrected chi connectivity index (χ1v) is 6.45. The fraction of sp³-hybridized carbons (Fsp3) is 0.600. The molecule has 0 saturated heterocycles. The molecule has 1 aromatic carbocycles. The Bertz CT molecular complexity index is 347. The lowest BCUT2D eigenvalue weighted by Crippen LogP contribution is -2.31. The van der Waals surface area contributed by atoms with Crippen molar-refractivity contribution in [2.75, 3.05) is 13.7 Å². The summed E-state index contributed by atoms with van der Waals surface area (Å²) in [7, 11) is 2.02. The van der Waals surface area contributed by atoms with Gasteiger partial charge >= 0.3 is 0 Å². The lowest BCUT2D eigenvalue weighted by atomic mass is 9.78. The standard InChI is InChI=1S/C15H25NO/c1-6-15(3,4)14(16-5)12-10-8-9-11-13(12)17-7-2/h8-11,14,16H,6-7H2,1-5H3. The van der Waals surface area contributed by atoms with Crippen molar-refractivity contribution < 1.29 is 4.74 Å². The smallest absolute Gasteiger partial charge is 0.124 e. The first-order valence-electron chi connectivity index (χ1n) is 6.45. The maximum Gasteiger partial charge on any atom is 0.124 e. The summed E-state index contributed by atoms with van der Waals surface area (Å²) in [6, 6.07) is 8.63. The van der Waals surface area contributed by atoms with E-state index in [-0.39, 0.29) is 5.41 Å². The minimum absolute atomic E-state index is 0.210. The van der Waals surface area contributed by atoms with Crippen molar-refractivity contribution in [2.24, 2.45) is 5.41 Å². The third kappa shape index (κ3) is 3.22. The van der Waals surface area contributed by atoms with Gasteiger partial charge in [-0.15, -0.1) is 0 Å². The van der Waals surface area contributed by atoms with E-state index < -0.39 is 0 Å². The van der Waals surface area contributed by atoms with Crippen LogP contribution in [0, 0.1) is 5.41 Å². The molecule has 0 radical (unpaired) electrons. The van der Waals surface area contributed by atoms with Gasteiger partial charge in [-0.25, -0.2) is 0 Å². The molecule has 0 amide bonds. The zero-order valence-corrected chi connectivity index (χ0v) is 11.7. The van der Waals surface area contributed by atoms with E-state index in [1.807, 2.05) is 20.0 Å². The molecule has 1 N–H and O–H groups in total. The van der Waals surface area contributed by atoms with Crippen LogP contribution < -0.4 is 10.1 Å². The summed E-state index contributed by atoms with van der Waals surface area (Å²) in [5.74, 6) is 0.996. The minimum Gasteiger partial charge on any atom is -0.494 e. The van der Waals surface area contributed by atoms with Crippen molar-refractivity contribution in [2.45, 2.75) is 40.2 Å². The molecule has 0 fully saturated rings. The molecule has 0 aliphatic carbocycles. The van der Waals surface area contributed by atoms with E-state index >= 15 is 0 Å². The molecule has 0 saturated carbocycles. The number of benzene rings is 1. The second kappa shape index (κ2) is 6.06. The minimum atomic E-state index is 0.210. The third-order valence-electron chi connectivity index (χ3n) is 3.51. The van der Waals surface area contributed by atoms with Gasteiger partial charge in [-0.2, -0.15) is 0 Å². The van der Waals surface area contributed by atoms with Gasteiger partial charge in [0, 0.05) is 11.6 Å². The number of hydrogen-bond donors (Lipinski definition) is 1. The average molecular weight is 235 g/mol. The SMILES string of the molecule is CCOc1ccccc1C(NC)C(C)(C)CC. The fourth-order valence-electron chi connectivity index (χ4n) is 2.18. The second-order valence-corrected chi connectivity index (χ2v) is 5.03. The van der Waals surface area contributed by atoms with Crippen LogP contribution in [0.25, 0.3) is 0 Å². The lowest BCUT2D eigenvalue weighted by molar-refractivity contribution is 0.236. The monoisotopic (exact) mass is 235 g/mol. The van der Waals surface area contributed by atoms with Crippen LogP contribution >= 0.6 is 0 Å². The summed E-state index contributed by atoms with van der Waals surface area (Å²) < 4.78 is 5.72. The van der Waals surface area contributed by atoms with E-state index in [0.29, 0.717) is 12.6 Å². The summed E-state index contributed by atoms with van der Waals surface area (Å²) in [4.78, 5) is 0. The van der Waals surface area contributed by atoms with Crippen LogP contribution in [-0.2, 0) is 0 Å². The zero-order valence-electron chi connectivity index (χ0n) is 11.7. The molecule has 2 nitrogen and oxygen atoms in total. The van der Waals surface area contributed by atoms with Gasteiger partial charge in [0.25, 0.3) is 0 Å². The Morgan fingerprint density at radius 2 is 1.88 bits per heavy atom. The van der Waals surface area contributed by atoms with Gasteiger partial charge in [0.15, 0.2) is 0 Å². The highest BCUT2D eigenvalue weighted by molar-refractivity contribution is 5.37. The van der Waals surface area contributed by atoms with Crippen LogP contribution in [0.1, 0.15) is 45.7 Å². The van der Waals surface area contributed by atoms with Gasteiger partial charge in [0.2, 0.25) is 0 Å². The fourth-order valence-corrected chi connectivity index (χ4v) is 2.18. The molecule has 0 aliphatic heterocycles. The summed E-state index contributed by atoms with van der Waals surface area (Å²) in [5, 5.41) is 3.43. The first kappa shape index (κ1) is 14.0. The van der Waals surface area contributed by atoms with Crippen molar-refractivity contribution >= 4 is 0 Å². The predicted octanol–water partition coefficient (Wildman–Crippen LogP) is 3.78. The van der Waals surface area contributed by atoms with Crippen LogP contribution in [0.15, 0.2) is 24.3 Å². The highest BCUT2D eigenvalue weighted by atomic mass is 16.5. The molecule has 0 aliphatic rings. The van der Waals surface area contributed by atoms with Crippen molar-refractivity contribution in [3.05, 3.63) is 29.8 Å². The topological polar surface area (TPSA) is 21.3 Å². The quantitative estimate of drug-likeness (QED) is 0.810. The molecule has 0 aromatic heterocycles. The lowest BCUT2D eigenvalue weighted by Gasteiger charge is -2.34. The van der Waals surface area contributed by atoms with Gasteiger partial charge in [-0.1, -0.05) is 39.0 Å². The van der Waals surface area contributed by atoms with Crippen LogP contribution in [0.5, 0.6) is 5.75 Å². The molecule has 1 rings (SSSR count). The van der Waals surface area contributed by atoms with E-state index in [1.165, 1.54) is 5.56 Å². The summed E-state index contributed by atoms with van der Waals surface area (Å²) in [5.41, 5.74) is 1.46. The highest BCUT2D eigenvalue weighted by Gasteiger charge is 2.29. The Labute approximate surface area is 105 Å². The number of hydrogen-bond acceptors (Lipinski definition) is 2. The maximum absolute atomic E-state index is 5.72. The second-order valence-electron chi connectivity index (χ2n) is 5.03. The molecule has 1 aromatic rings. The molecular weight excluding hydrogens is 210 g/mol. The van der Waals surface area contributed by atoms with E-state index in [2.05, 4.69) is 44.3 Å². The number of nitrogens with one attached hydrogen (secondary N) is 1. The van der Waals surface area contributed by atoms with Crippen molar-refractivity contribution in [3.63, 3.8) is 0 Å². The molecule has 0 heterocycles. The van der Waals surface area contributed by atoms with Crippen LogP contribution in [-0.4, -0.2) is 13.7 Å². The zero-order chi connectivity index (χ0) is 12.9. The maximum atomic E-state index is 5.72. The van der Waals surface area contributed by atoms with E-state index in [0.717, 1.165) is 12.2 Å². The van der Waals surface area contributed by atoms with Gasteiger partial charge in [0.05, 0.1) is 6.61 Å². The molecule has 1 unspecified atom stereocenters. The van der Waals surface area contributed by atoms with Crippen LogP contribution in [0.2, 0.25) is 0 Å². The van der Waals surface area contributed by atoms with E-state index in [1.54, 1.807) is 0 Å². The van der Waals surface area contributed by atoms with Gasteiger partial charge < -0.3 is 10.1 Å². The number of ether oxygens (including phenoxy) is 1. The van der Waals surface area contributed by atoms with E-state index in [4.69, 9.17) is 4.74 Å². The Kier molecular flexibility index (Phi) is 5.01. The largest absolute Gasteiger partial charge is 0.494 e. The molecule has 1 atom stereocenters. The van der Waals surface area contributed by atoms with Crippen molar-refractivity contribution in [1.82, 2.24) is 5.32 Å². The van der Waals surface area contributed by atoms with Crippen LogP contribution in [0.3, 0.4) is 0 Å². The van der Waals surface area contributed by atoms with Gasteiger partial charge in [-0.3, -0.25) is 0 Å². The number of rotatable bonds is 6. The molecule has 17 heavy (non-hydrogen) atoms. The summed E-state index contributed by atoms with van der Waals surface area (Å²) in [6.45, 7) is 9.54. The molecule has 2 heteroatoms. The Hall–Kier alpha value is -1.02. The Morgan fingerprint density at radius 3 is 2.41 bits per heavy atom. The molecular formula is C15H25NO. The Morgan fingerprint density at radius 1 is 1.24 bits per heavy atom. The summed E-state index contributed by atoms with van der Waals surface area (Å²) >= 11 is 0.